The molecule has 0 saturated heterocycles. The number of aryl methyl sites for hydroxylation is 1. The smallest absolute Gasteiger partial charge is 0.164 e. The molecule has 0 amide bonds. The van der Waals surface area contributed by atoms with Gasteiger partial charge in [-0.2, -0.15) is 0 Å². The van der Waals surface area contributed by atoms with E-state index in [1.54, 1.807) is 14.2 Å². The molecule has 3 nitrogen and oxygen atoms in total. The van der Waals surface area contributed by atoms with Crippen molar-refractivity contribution in [2.75, 3.05) is 20.8 Å². The first kappa shape index (κ1) is 18.3. The summed E-state index contributed by atoms with van der Waals surface area (Å²) >= 11 is 0. The largest absolute Gasteiger partial charge is 0.493 e. The van der Waals surface area contributed by atoms with Gasteiger partial charge in [0.2, 0.25) is 0 Å². The molecule has 0 heterocycles. The van der Waals surface area contributed by atoms with E-state index in [2.05, 4.69) is 30.3 Å². The number of benzene rings is 2. The van der Waals surface area contributed by atoms with Gasteiger partial charge in [0.1, 0.15) is 0 Å². The van der Waals surface area contributed by atoms with E-state index in [1.165, 1.54) is 16.7 Å². The zero-order valence-electron chi connectivity index (χ0n) is 13.2. The topological polar surface area (TPSA) is 44.5 Å². The van der Waals surface area contributed by atoms with Crippen molar-refractivity contribution >= 4 is 12.4 Å². The maximum absolute atomic E-state index is 5.73. The fourth-order valence-electron chi connectivity index (χ4n) is 2.61. The number of halogens is 1. The summed E-state index contributed by atoms with van der Waals surface area (Å²) in [7, 11) is 3.36. The summed E-state index contributed by atoms with van der Waals surface area (Å²) in [5.74, 6) is 1.61. The van der Waals surface area contributed by atoms with E-state index in [4.69, 9.17) is 15.2 Å². The Labute approximate surface area is 138 Å². The molecule has 2 aromatic carbocycles. The Balaban J connectivity index is 0.00000242. The second kappa shape index (κ2) is 9.34. The number of rotatable bonds is 7. The number of hydrogen-bond donors (Lipinski definition) is 1. The van der Waals surface area contributed by atoms with Crippen molar-refractivity contribution in [3.05, 3.63) is 59.2 Å². The SMILES string of the molecule is COc1ccc(CCN)c(CCc2ccccc2)c1OC.Cl. The van der Waals surface area contributed by atoms with Gasteiger partial charge in [0.15, 0.2) is 11.5 Å². The van der Waals surface area contributed by atoms with Crippen LogP contribution >= 0.6 is 12.4 Å². The molecule has 0 saturated carbocycles. The Morgan fingerprint density at radius 2 is 1.59 bits per heavy atom. The lowest BCUT2D eigenvalue weighted by atomic mass is 9.96. The van der Waals surface area contributed by atoms with E-state index < -0.39 is 0 Å². The van der Waals surface area contributed by atoms with Gasteiger partial charge in [-0.3, -0.25) is 0 Å². The van der Waals surface area contributed by atoms with Crippen molar-refractivity contribution in [1.82, 2.24) is 0 Å². The van der Waals surface area contributed by atoms with Crippen LogP contribution < -0.4 is 15.2 Å². The normalized spacial score (nSPS) is 9.95. The van der Waals surface area contributed by atoms with Crippen LogP contribution in [-0.2, 0) is 19.3 Å². The van der Waals surface area contributed by atoms with Crippen molar-refractivity contribution in [2.24, 2.45) is 5.73 Å². The van der Waals surface area contributed by atoms with Gasteiger partial charge in [0.25, 0.3) is 0 Å². The van der Waals surface area contributed by atoms with Gasteiger partial charge in [-0.25, -0.2) is 0 Å². The first-order valence-electron chi connectivity index (χ1n) is 7.27. The zero-order valence-corrected chi connectivity index (χ0v) is 14.0. The van der Waals surface area contributed by atoms with Crippen molar-refractivity contribution in [1.29, 1.82) is 0 Å². The molecule has 0 aliphatic carbocycles. The lowest BCUT2D eigenvalue weighted by molar-refractivity contribution is 0.351. The predicted octanol–water partition coefficient (Wildman–Crippen LogP) is 3.41. The maximum atomic E-state index is 5.73. The van der Waals surface area contributed by atoms with Crippen LogP contribution in [-0.4, -0.2) is 20.8 Å². The molecular weight excluding hydrogens is 298 g/mol. The molecule has 0 aliphatic rings. The minimum absolute atomic E-state index is 0. The van der Waals surface area contributed by atoms with E-state index in [0.29, 0.717) is 6.54 Å². The van der Waals surface area contributed by atoms with Gasteiger partial charge in [-0.1, -0.05) is 36.4 Å². The maximum Gasteiger partial charge on any atom is 0.164 e. The van der Waals surface area contributed by atoms with Crippen LogP contribution in [0.3, 0.4) is 0 Å². The molecule has 0 spiro atoms. The van der Waals surface area contributed by atoms with Gasteiger partial charge < -0.3 is 15.2 Å². The molecular formula is C18H24ClNO2. The van der Waals surface area contributed by atoms with E-state index in [9.17, 15) is 0 Å². The first-order chi connectivity index (χ1) is 10.3. The first-order valence-corrected chi connectivity index (χ1v) is 7.27. The van der Waals surface area contributed by atoms with Crippen LogP contribution in [0.5, 0.6) is 11.5 Å². The number of hydrogen-bond acceptors (Lipinski definition) is 3. The second-order valence-corrected chi connectivity index (χ2v) is 4.96. The highest BCUT2D eigenvalue weighted by Gasteiger charge is 2.14. The highest BCUT2D eigenvalue weighted by Crippen LogP contribution is 2.34. The third kappa shape index (κ3) is 4.39. The highest BCUT2D eigenvalue weighted by atomic mass is 35.5. The summed E-state index contributed by atoms with van der Waals surface area (Å²) < 4.78 is 11.0. The molecule has 0 aromatic heterocycles. The molecule has 4 heteroatoms. The summed E-state index contributed by atoms with van der Waals surface area (Å²) in [6, 6.07) is 14.5. The highest BCUT2D eigenvalue weighted by molar-refractivity contribution is 5.85. The fraction of sp³-hybridized carbons (Fsp3) is 0.333. The van der Waals surface area contributed by atoms with Gasteiger partial charge >= 0.3 is 0 Å². The summed E-state index contributed by atoms with van der Waals surface area (Å²) in [5.41, 5.74) is 9.49. The van der Waals surface area contributed by atoms with Crippen molar-refractivity contribution < 1.29 is 9.47 Å². The molecule has 0 aliphatic heterocycles. The van der Waals surface area contributed by atoms with E-state index in [1.807, 2.05) is 12.1 Å². The van der Waals surface area contributed by atoms with Gasteiger partial charge in [0.05, 0.1) is 14.2 Å². The number of ether oxygens (including phenoxy) is 2. The molecule has 2 rings (SSSR count). The van der Waals surface area contributed by atoms with Gasteiger partial charge in [-0.05, 0) is 43.0 Å². The van der Waals surface area contributed by atoms with E-state index >= 15 is 0 Å². The molecule has 22 heavy (non-hydrogen) atoms. The zero-order chi connectivity index (χ0) is 15.1. The van der Waals surface area contributed by atoms with Crippen LogP contribution in [0.25, 0.3) is 0 Å². The minimum Gasteiger partial charge on any atom is -0.493 e. The lowest BCUT2D eigenvalue weighted by Gasteiger charge is -2.17. The standard InChI is InChI=1S/C18H23NO2.ClH/c1-20-17-11-9-15(12-13-19)16(18(17)21-2)10-8-14-6-4-3-5-7-14;/h3-7,9,11H,8,10,12-13,19H2,1-2H3;1H. The average molecular weight is 322 g/mol. The molecule has 120 valence electrons. The molecule has 2 N–H and O–H groups in total. The van der Waals surface area contributed by atoms with Crippen LogP contribution in [0.4, 0.5) is 0 Å². The van der Waals surface area contributed by atoms with Crippen LogP contribution in [0, 0.1) is 0 Å². The van der Waals surface area contributed by atoms with Gasteiger partial charge in [0, 0.05) is 5.56 Å². The van der Waals surface area contributed by atoms with Crippen molar-refractivity contribution in [2.45, 2.75) is 19.3 Å². The summed E-state index contributed by atoms with van der Waals surface area (Å²) in [4.78, 5) is 0. The Kier molecular flexibility index (Phi) is 7.78. The molecule has 0 bridgehead atoms. The number of methoxy groups -OCH3 is 2. The van der Waals surface area contributed by atoms with E-state index in [0.717, 1.165) is 30.8 Å². The Morgan fingerprint density at radius 3 is 2.18 bits per heavy atom. The Hall–Kier alpha value is -1.71. The summed E-state index contributed by atoms with van der Waals surface area (Å²) in [6.07, 6.45) is 2.74. The van der Waals surface area contributed by atoms with Crippen LogP contribution in [0.2, 0.25) is 0 Å². The third-order valence-electron chi connectivity index (χ3n) is 3.67. The molecule has 0 fully saturated rings. The molecule has 2 aromatic rings. The van der Waals surface area contributed by atoms with Crippen molar-refractivity contribution in [3.8, 4) is 11.5 Å². The lowest BCUT2D eigenvalue weighted by Crippen LogP contribution is -2.08. The van der Waals surface area contributed by atoms with Crippen LogP contribution in [0.15, 0.2) is 42.5 Å². The van der Waals surface area contributed by atoms with Crippen LogP contribution in [0.1, 0.15) is 16.7 Å². The minimum atomic E-state index is 0. The van der Waals surface area contributed by atoms with Gasteiger partial charge in [-0.15, -0.1) is 12.4 Å². The molecule has 0 unspecified atom stereocenters. The predicted molar refractivity (Wildman–Crippen MR) is 93.4 cm³/mol. The second-order valence-electron chi connectivity index (χ2n) is 4.96. The van der Waals surface area contributed by atoms with Crippen molar-refractivity contribution in [3.63, 3.8) is 0 Å². The molecule has 0 radical (unpaired) electrons. The Morgan fingerprint density at radius 1 is 0.864 bits per heavy atom. The monoisotopic (exact) mass is 321 g/mol. The summed E-state index contributed by atoms with van der Waals surface area (Å²) in [5, 5.41) is 0. The molecule has 0 atom stereocenters. The average Bonchev–Trinajstić information content (AvgIpc) is 2.54. The quantitative estimate of drug-likeness (QED) is 0.850. The van der Waals surface area contributed by atoms with E-state index in [-0.39, 0.29) is 12.4 Å². The Bertz CT molecular complexity index is 573. The summed E-state index contributed by atoms with van der Waals surface area (Å²) in [6.45, 7) is 0.633. The fourth-order valence-corrected chi connectivity index (χ4v) is 2.61. The number of nitrogens with two attached hydrogens (primary N) is 1. The third-order valence-corrected chi connectivity index (χ3v) is 3.67.